The predicted octanol–water partition coefficient (Wildman–Crippen LogP) is 7.65. The van der Waals surface area contributed by atoms with Gasteiger partial charge in [-0.05, 0) is 132 Å². The van der Waals surface area contributed by atoms with Gasteiger partial charge in [-0.25, -0.2) is 19.2 Å². The molecule has 20 heteroatoms. The highest BCUT2D eigenvalue weighted by molar-refractivity contribution is 5.91. The monoisotopic (exact) mass is 884 g/mol. The summed E-state index contributed by atoms with van der Waals surface area (Å²) in [5.74, 6) is -0.570. The van der Waals surface area contributed by atoms with Gasteiger partial charge in [-0.15, -0.1) is 0 Å². The quantitative estimate of drug-likeness (QED) is 0.0300. The van der Waals surface area contributed by atoms with Crippen LogP contribution in [-0.4, -0.2) is 92.8 Å². The molecule has 4 aromatic carbocycles. The zero-order valence-electron chi connectivity index (χ0n) is 36.3. The van der Waals surface area contributed by atoms with Crippen LogP contribution in [-0.2, 0) is 18.9 Å². The van der Waals surface area contributed by atoms with Gasteiger partial charge < -0.3 is 50.8 Å². The van der Waals surface area contributed by atoms with E-state index in [1.807, 2.05) is 6.92 Å². The van der Waals surface area contributed by atoms with Crippen LogP contribution in [0.15, 0.2) is 97.1 Å². The van der Waals surface area contributed by atoms with E-state index in [0.717, 1.165) is 0 Å². The number of rotatable bonds is 21. The van der Waals surface area contributed by atoms with Crippen molar-refractivity contribution in [3.63, 3.8) is 0 Å². The minimum Gasteiger partial charge on any atom is -0.462 e. The highest BCUT2D eigenvalue weighted by Gasteiger charge is 2.15. The number of ether oxygens (including phenoxy) is 4. The first-order valence-electron chi connectivity index (χ1n) is 20.7. The van der Waals surface area contributed by atoms with Crippen molar-refractivity contribution in [1.29, 1.82) is 0 Å². The predicted molar refractivity (Wildman–Crippen MR) is 244 cm³/mol. The molecule has 336 valence electrons. The molecule has 0 saturated heterocycles. The van der Waals surface area contributed by atoms with Gasteiger partial charge >= 0.3 is 23.9 Å². The number of aromatic nitrogens is 6. The minimum atomic E-state index is -0.435. The molecule has 2 aromatic heterocycles. The Morgan fingerprint density at radius 1 is 0.400 bits per heavy atom. The van der Waals surface area contributed by atoms with Crippen molar-refractivity contribution >= 4 is 82.3 Å². The van der Waals surface area contributed by atoms with Crippen LogP contribution in [0.2, 0.25) is 0 Å². The summed E-state index contributed by atoms with van der Waals surface area (Å²) in [6.07, 6.45) is 0. The van der Waals surface area contributed by atoms with Crippen LogP contribution in [0.25, 0.3) is 0 Å². The first-order valence-corrected chi connectivity index (χ1v) is 20.7. The van der Waals surface area contributed by atoms with Crippen molar-refractivity contribution in [3.05, 3.63) is 119 Å². The molecule has 0 spiro atoms. The number of carbonyl (C=O) groups is 4. The van der Waals surface area contributed by atoms with Crippen LogP contribution in [0.5, 0.6) is 0 Å². The van der Waals surface area contributed by atoms with Crippen LogP contribution >= 0.6 is 0 Å². The van der Waals surface area contributed by atoms with E-state index < -0.39 is 23.9 Å². The summed E-state index contributed by atoms with van der Waals surface area (Å²) in [6.45, 7) is 10.2. The summed E-state index contributed by atoms with van der Waals surface area (Å²) in [7, 11) is 0. The van der Waals surface area contributed by atoms with E-state index in [2.05, 4.69) is 61.8 Å². The number of hydrogen-bond donors (Lipinski definition) is 6. The fraction of sp³-hybridized carbons (Fsp3) is 0.244. The molecule has 0 aliphatic rings. The lowest BCUT2D eigenvalue weighted by Crippen LogP contribution is -2.27. The molecular formula is C45H48N12O8. The van der Waals surface area contributed by atoms with Gasteiger partial charge in [0.2, 0.25) is 35.7 Å². The Balaban J connectivity index is 1.21. The van der Waals surface area contributed by atoms with E-state index in [-0.39, 0.29) is 74.7 Å². The Morgan fingerprint density at radius 2 is 0.646 bits per heavy atom. The molecule has 0 amide bonds. The summed E-state index contributed by atoms with van der Waals surface area (Å²) in [6, 6.07) is 26.3. The lowest BCUT2D eigenvalue weighted by Gasteiger charge is -2.17. The van der Waals surface area contributed by atoms with Crippen molar-refractivity contribution < 1.29 is 38.1 Å². The highest BCUT2D eigenvalue weighted by atomic mass is 16.5. The molecule has 2 heterocycles. The molecule has 0 radical (unpaired) electrons. The maximum absolute atomic E-state index is 12.2. The summed E-state index contributed by atoms with van der Waals surface area (Å²) < 4.78 is 20.4. The third-order valence-electron chi connectivity index (χ3n) is 8.82. The third-order valence-corrected chi connectivity index (χ3v) is 8.82. The van der Waals surface area contributed by atoms with Crippen molar-refractivity contribution in [3.8, 4) is 0 Å². The van der Waals surface area contributed by atoms with Crippen LogP contribution in [0, 0.1) is 0 Å². The largest absolute Gasteiger partial charge is 0.462 e. The van der Waals surface area contributed by atoms with E-state index in [1.54, 1.807) is 125 Å². The lowest BCUT2D eigenvalue weighted by atomic mass is 10.2. The summed E-state index contributed by atoms with van der Waals surface area (Å²) in [4.78, 5) is 76.4. The Kier molecular flexibility index (Phi) is 16.0. The molecule has 1 atom stereocenters. The molecule has 65 heavy (non-hydrogen) atoms. The number of nitrogens with one attached hydrogen (secondary N) is 6. The van der Waals surface area contributed by atoms with Crippen molar-refractivity contribution in [2.45, 2.75) is 40.7 Å². The van der Waals surface area contributed by atoms with Gasteiger partial charge in [-0.2, -0.15) is 29.9 Å². The molecule has 0 bridgehead atoms. The number of anilines is 10. The topological polar surface area (TPSA) is 255 Å². The lowest BCUT2D eigenvalue weighted by molar-refractivity contribution is 0.0517. The minimum absolute atomic E-state index is 0.187. The second-order valence-corrected chi connectivity index (χ2v) is 13.7. The van der Waals surface area contributed by atoms with Crippen LogP contribution in [0.3, 0.4) is 0 Å². The summed E-state index contributed by atoms with van der Waals surface area (Å²) >= 11 is 0. The van der Waals surface area contributed by atoms with E-state index in [4.69, 9.17) is 18.9 Å². The molecule has 0 fully saturated rings. The molecule has 0 aliphatic carbocycles. The Bertz CT molecular complexity index is 2400. The molecular weight excluding hydrogens is 837 g/mol. The fourth-order valence-corrected chi connectivity index (χ4v) is 5.77. The number of hydrogen-bond acceptors (Lipinski definition) is 20. The zero-order chi connectivity index (χ0) is 46.1. The van der Waals surface area contributed by atoms with E-state index >= 15 is 0 Å². The summed E-state index contributed by atoms with van der Waals surface area (Å²) in [5.41, 5.74) is 3.97. The van der Waals surface area contributed by atoms with Gasteiger partial charge in [0, 0.05) is 35.3 Å². The van der Waals surface area contributed by atoms with Crippen LogP contribution < -0.4 is 31.9 Å². The molecule has 6 rings (SSSR count). The van der Waals surface area contributed by atoms with Gasteiger partial charge in [0.25, 0.3) is 0 Å². The second-order valence-electron chi connectivity index (χ2n) is 13.7. The molecule has 6 N–H and O–H groups in total. The van der Waals surface area contributed by atoms with Crippen LogP contribution in [0.4, 0.5) is 58.4 Å². The maximum Gasteiger partial charge on any atom is 0.338 e. The van der Waals surface area contributed by atoms with E-state index in [9.17, 15) is 19.2 Å². The molecule has 20 nitrogen and oxygen atoms in total. The van der Waals surface area contributed by atoms with Gasteiger partial charge in [0.15, 0.2) is 0 Å². The molecule has 6 aromatic rings. The van der Waals surface area contributed by atoms with Crippen molar-refractivity contribution in [1.82, 2.24) is 29.9 Å². The Hall–Kier alpha value is -8.42. The van der Waals surface area contributed by atoms with Gasteiger partial charge in [-0.3, -0.25) is 0 Å². The Labute approximate surface area is 374 Å². The second kappa shape index (κ2) is 22.6. The van der Waals surface area contributed by atoms with Gasteiger partial charge in [0.1, 0.15) is 0 Å². The van der Waals surface area contributed by atoms with Crippen molar-refractivity contribution in [2.24, 2.45) is 0 Å². The number of nitrogens with zero attached hydrogens (tertiary/aromatic N) is 6. The van der Waals surface area contributed by atoms with Gasteiger partial charge in [-0.1, -0.05) is 0 Å². The first-order chi connectivity index (χ1) is 31.5. The number of carbonyl (C=O) groups excluding carboxylic acids is 4. The first kappa shape index (κ1) is 46.1. The number of esters is 4. The average Bonchev–Trinajstić information content (AvgIpc) is 3.29. The van der Waals surface area contributed by atoms with Gasteiger partial charge in [0.05, 0.1) is 48.7 Å². The third kappa shape index (κ3) is 13.5. The van der Waals surface area contributed by atoms with E-state index in [0.29, 0.717) is 45.0 Å². The SMILES string of the molecule is CCOC(=O)c1ccc(Nc2nc(NCC(C)Nc3nc(Nc4ccc(C(=O)OCC)cc4)nc(Nc4ccc(C(=O)OCC)cc4)n3)nc(Nc3ccc(C(=O)OCC)cc3)n2)cc1. The summed E-state index contributed by atoms with van der Waals surface area (Å²) in [5, 5.41) is 19.2. The molecule has 0 aliphatic heterocycles. The molecule has 1 unspecified atom stereocenters. The van der Waals surface area contributed by atoms with Crippen LogP contribution in [0.1, 0.15) is 76.1 Å². The zero-order valence-corrected chi connectivity index (χ0v) is 36.3. The average molecular weight is 885 g/mol. The smallest absolute Gasteiger partial charge is 0.338 e. The fourth-order valence-electron chi connectivity index (χ4n) is 5.77. The standard InChI is InChI=1S/C45H48N12O8/c1-6-62-36(58)28-10-18-32(19-11-28)48-42-52-40(53-43(56-42)49-33-20-12-29(13-21-33)37(59)63-7-2)46-26-27(5)47-41-54-44(50-34-22-14-30(15-23-34)38(60)64-8-3)57-45(55-41)51-35-24-16-31(17-25-35)39(61)65-9-4/h10-25,27H,6-9,26H2,1-5H3,(H3,46,48,49,52,53,56)(H3,47,50,51,54,55,57). The normalized spacial score (nSPS) is 11.0. The Morgan fingerprint density at radius 3 is 0.908 bits per heavy atom. The molecule has 0 saturated carbocycles. The van der Waals surface area contributed by atoms with Crippen molar-refractivity contribution in [2.75, 3.05) is 64.9 Å². The maximum atomic E-state index is 12.2. The highest BCUT2D eigenvalue weighted by Crippen LogP contribution is 2.23. The van der Waals surface area contributed by atoms with E-state index in [1.165, 1.54) is 0 Å². The number of benzene rings is 4.